The first kappa shape index (κ1) is 21.0. The molecule has 0 fully saturated rings. The fourth-order valence-electron chi connectivity index (χ4n) is 2.18. The van der Waals surface area contributed by atoms with Crippen LogP contribution in [-0.4, -0.2) is 64.1 Å². The van der Waals surface area contributed by atoms with Crippen LogP contribution in [0, 0.1) is 0 Å². The van der Waals surface area contributed by atoms with Crippen molar-refractivity contribution in [2.45, 2.75) is 12.2 Å². The number of oxime groups is 1. The molecule has 0 spiro atoms. The predicted octanol–water partition coefficient (Wildman–Crippen LogP) is 1.62. The minimum absolute atomic E-state index is 0.0172. The summed E-state index contributed by atoms with van der Waals surface area (Å²) >= 11 is 5.52. The van der Waals surface area contributed by atoms with E-state index in [2.05, 4.69) is 5.16 Å². The molecule has 0 aromatic heterocycles. The second-order valence-corrected chi connectivity index (χ2v) is 6.07. The second kappa shape index (κ2) is 10.7. The van der Waals surface area contributed by atoms with E-state index in [9.17, 15) is 15.4 Å². The smallest absolute Gasteiger partial charge is 0.119 e. The van der Waals surface area contributed by atoms with Crippen LogP contribution < -0.4 is 9.47 Å². The number of rotatable bonds is 10. The van der Waals surface area contributed by atoms with E-state index in [0.29, 0.717) is 28.3 Å². The molecule has 0 radical (unpaired) electrons. The van der Waals surface area contributed by atoms with Gasteiger partial charge in [-0.3, -0.25) is 0 Å². The molecular formula is C19H22ClNO6. The minimum atomic E-state index is -0.939. The Kier molecular flexibility index (Phi) is 8.35. The van der Waals surface area contributed by atoms with Crippen molar-refractivity contribution in [1.82, 2.24) is 0 Å². The van der Waals surface area contributed by atoms with E-state index >= 15 is 0 Å². The molecule has 2 rings (SSSR count). The lowest BCUT2D eigenvalue weighted by Gasteiger charge is -2.12. The summed E-state index contributed by atoms with van der Waals surface area (Å²) in [5.41, 5.74) is 1.70. The number of nitrogens with zero attached hydrogens (tertiary/aromatic N) is 1. The molecule has 0 amide bonds. The largest absolute Gasteiger partial charge is 0.491 e. The Labute approximate surface area is 162 Å². The number of halogens is 1. The molecule has 0 unspecified atom stereocenters. The third kappa shape index (κ3) is 6.41. The lowest BCUT2D eigenvalue weighted by Crippen LogP contribution is -2.21. The molecule has 0 bridgehead atoms. The lowest BCUT2D eigenvalue weighted by atomic mass is 10.0. The average Bonchev–Trinajstić information content (AvgIpc) is 2.72. The summed E-state index contributed by atoms with van der Waals surface area (Å²) in [7, 11) is 0. The van der Waals surface area contributed by atoms with Crippen LogP contribution in [0.5, 0.6) is 11.5 Å². The molecule has 0 heterocycles. The van der Waals surface area contributed by atoms with Gasteiger partial charge in [0.2, 0.25) is 0 Å². The molecule has 2 atom stereocenters. The average molecular weight is 396 g/mol. The van der Waals surface area contributed by atoms with Gasteiger partial charge in [0.1, 0.15) is 42.6 Å². The number of aliphatic hydroxyl groups is 3. The van der Waals surface area contributed by atoms with E-state index in [0.717, 1.165) is 0 Å². The zero-order chi connectivity index (χ0) is 19.6. The Morgan fingerprint density at radius 3 is 1.67 bits per heavy atom. The summed E-state index contributed by atoms with van der Waals surface area (Å²) in [6.45, 7) is -0.295. The quantitative estimate of drug-likeness (QED) is 0.210. The summed E-state index contributed by atoms with van der Waals surface area (Å²) in [4.78, 5) is 0. The molecule has 0 saturated heterocycles. The number of ether oxygens (including phenoxy) is 2. The highest BCUT2D eigenvalue weighted by Crippen LogP contribution is 2.19. The van der Waals surface area contributed by atoms with Gasteiger partial charge in [0.25, 0.3) is 0 Å². The van der Waals surface area contributed by atoms with Crippen LogP contribution in [0.25, 0.3) is 0 Å². The third-order valence-corrected chi connectivity index (χ3v) is 3.99. The highest BCUT2D eigenvalue weighted by molar-refractivity contribution is 6.18. The van der Waals surface area contributed by atoms with Crippen LogP contribution in [0.15, 0.2) is 53.7 Å². The molecule has 0 saturated carbocycles. The van der Waals surface area contributed by atoms with Crippen LogP contribution in [0.1, 0.15) is 11.1 Å². The molecule has 146 valence electrons. The Morgan fingerprint density at radius 1 is 0.852 bits per heavy atom. The monoisotopic (exact) mass is 395 g/mol. The number of benzene rings is 2. The molecule has 0 aliphatic heterocycles. The van der Waals surface area contributed by atoms with E-state index in [4.69, 9.17) is 26.2 Å². The summed E-state index contributed by atoms with van der Waals surface area (Å²) in [6, 6.07) is 13.7. The van der Waals surface area contributed by atoms with Gasteiger partial charge in [-0.25, -0.2) is 0 Å². The number of aliphatic hydroxyl groups excluding tert-OH is 3. The van der Waals surface area contributed by atoms with E-state index in [1.165, 1.54) is 0 Å². The van der Waals surface area contributed by atoms with E-state index in [1.807, 2.05) is 0 Å². The lowest BCUT2D eigenvalue weighted by molar-refractivity contribution is 0.0536. The zero-order valence-corrected chi connectivity index (χ0v) is 15.3. The zero-order valence-electron chi connectivity index (χ0n) is 14.5. The molecular weight excluding hydrogens is 374 g/mol. The topological polar surface area (TPSA) is 112 Å². The normalized spacial score (nSPS) is 13.9. The van der Waals surface area contributed by atoms with Crippen molar-refractivity contribution >= 4 is 17.3 Å². The third-order valence-electron chi connectivity index (χ3n) is 3.63. The van der Waals surface area contributed by atoms with E-state index < -0.39 is 12.2 Å². The molecule has 2 aromatic carbocycles. The van der Waals surface area contributed by atoms with Crippen molar-refractivity contribution < 1.29 is 30.0 Å². The van der Waals surface area contributed by atoms with Gasteiger partial charge < -0.3 is 30.0 Å². The van der Waals surface area contributed by atoms with E-state index in [1.54, 1.807) is 48.5 Å². The minimum Gasteiger partial charge on any atom is -0.491 e. The van der Waals surface area contributed by atoms with Gasteiger partial charge >= 0.3 is 0 Å². The fraction of sp³-hybridized carbons (Fsp3) is 0.316. The maximum absolute atomic E-state index is 9.41. The molecule has 4 N–H and O–H groups in total. The maximum Gasteiger partial charge on any atom is 0.119 e. The van der Waals surface area contributed by atoms with Gasteiger partial charge in [0, 0.05) is 11.1 Å². The van der Waals surface area contributed by atoms with Gasteiger partial charge in [-0.2, -0.15) is 0 Å². The summed E-state index contributed by atoms with van der Waals surface area (Å²) in [6.07, 6.45) is -1.68. The number of alkyl halides is 1. The number of hydrogen-bond acceptors (Lipinski definition) is 7. The number of hydrogen-bond donors (Lipinski definition) is 4. The fourth-order valence-corrected chi connectivity index (χ4v) is 2.27. The van der Waals surface area contributed by atoms with Gasteiger partial charge in [-0.05, 0) is 48.5 Å². The van der Waals surface area contributed by atoms with Crippen LogP contribution in [0.3, 0.4) is 0 Å². The molecule has 0 aliphatic rings. The highest BCUT2D eigenvalue weighted by atomic mass is 35.5. The van der Waals surface area contributed by atoms with Crippen LogP contribution in [-0.2, 0) is 0 Å². The van der Waals surface area contributed by atoms with Crippen molar-refractivity contribution in [1.29, 1.82) is 0 Å². The standard InChI is InChI=1S/C19H22ClNO6/c20-9-15(23)11-26-17-5-1-13(2-6-17)19(21-25)14-3-7-18(8-4-14)27-12-16(24)10-22/h1-8,15-16,22-25H,9-12H2/b21-19+/t15-,16-/m0/s1. The first-order chi connectivity index (χ1) is 13.1. The van der Waals surface area contributed by atoms with Crippen molar-refractivity contribution in [3.63, 3.8) is 0 Å². The van der Waals surface area contributed by atoms with Crippen molar-refractivity contribution in [3.05, 3.63) is 59.7 Å². The molecule has 2 aromatic rings. The maximum atomic E-state index is 9.41. The molecule has 8 heteroatoms. The van der Waals surface area contributed by atoms with Crippen LogP contribution in [0.4, 0.5) is 0 Å². The van der Waals surface area contributed by atoms with Crippen molar-refractivity contribution in [2.75, 3.05) is 25.7 Å². The second-order valence-electron chi connectivity index (χ2n) is 5.76. The Balaban J connectivity index is 2.03. The summed E-state index contributed by atoms with van der Waals surface area (Å²) in [5, 5.41) is 40.3. The molecule has 27 heavy (non-hydrogen) atoms. The Morgan fingerprint density at radius 2 is 1.30 bits per heavy atom. The summed E-state index contributed by atoms with van der Waals surface area (Å²) < 4.78 is 10.8. The van der Waals surface area contributed by atoms with Gasteiger partial charge in [0.15, 0.2) is 0 Å². The van der Waals surface area contributed by atoms with Crippen molar-refractivity contribution in [3.8, 4) is 11.5 Å². The van der Waals surface area contributed by atoms with Crippen LogP contribution in [0.2, 0.25) is 0 Å². The van der Waals surface area contributed by atoms with Gasteiger partial charge in [-0.15, -0.1) is 11.6 Å². The molecule has 7 nitrogen and oxygen atoms in total. The Hall–Kier alpha value is -2.32. The molecule has 0 aliphatic carbocycles. The van der Waals surface area contributed by atoms with Crippen LogP contribution >= 0.6 is 11.6 Å². The Bertz CT molecular complexity index is 660. The SMILES string of the molecule is OC[C@H](O)COc1ccc(/C(=N/O)c2ccc(OC[C@@H](O)CCl)cc2)cc1. The van der Waals surface area contributed by atoms with E-state index in [-0.39, 0.29) is 25.7 Å². The first-order valence-electron chi connectivity index (χ1n) is 8.28. The van der Waals surface area contributed by atoms with Crippen molar-refractivity contribution in [2.24, 2.45) is 5.16 Å². The van der Waals surface area contributed by atoms with Gasteiger partial charge in [-0.1, -0.05) is 5.16 Å². The summed E-state index contributed by atoms with van der Waals surface area (Å²) in [5.74, 6) is 1.18. The highest BCUT2D eigenvalue weighted by Gasteiger charge is 2.10. The van der Waals surface area contributed by atoms with Gasteiger partial charge in [0.05, 0.1) is 12.5 Å². The first-order valence-corrected chi connectivity index (χ1v) is 8.82. The predicted molar refractivity (Wildman–Crippen MR) is 101 cm³/mol.